The number of carboxylic acid groups (broad SMARTS) is 1. The molecule has 1 heterocycles. The first-order chi connectivity index (χ1) is 9.91. The molecule has 1 aromatic rings. The molecular weight excluding hydrogens is 302 g/mol. The summed E-state index contributed by atoms with van der Waals surface area (Å²) in [5.74, 6) is -1.77. The number of nitrogens with one attached hydrogen (secondary N) is 1. The minimum absolute atomic E-state index is 0.0493. The first-order valence-electron chi connectivity index (χ1n) is 6.10. The molecule has 1 fully saturated rings. The number of carbonyl (C=O) groups excluding carboxylic acids is 1. The first kappa shape index (κ1) is 15.2. The van der Waals surface area contributed by atoms with Gasteiger partial charge in [0.2, 0.25) is 0 Å². The molecular formula is C12H12ClN3O5. The lowest BCUT2D eigenvalue weighted by atomic mass is 10.1. The Morgan fingerprint density at radius 2 is 2.19 bits per heavy atom. The van der Waals surface area contributed by atoms with Crippen molar-refractivity contribution < 1.29 is 19.6 Å². The van der Waals surface area contributed by atoms with E-state index in [0.717, 1.165) is 11.0 Å². The Bertz CT molecular complexity index is 607. The Morgan fingerprint density at radius 3 is 2.81 bits per heavy atom. The summed E-state index contributed by atoms with van der Waals surface area (Å²) in [6.07, 6.45) is 0. The van der Waals surface area contributed by atoms with Gasteiger partial charge in [0, 0.05) is 31.8 Å². The summed E-state index contributed by atoms with van der Waals surface area (Å²) < 4.78 is 0. The van der Waals surface area contributed by atoms with Crippen molar-refractivity contribution >= 4 is 29.2 Å². The van der Waals surface area contributed by atoms with E-state index in [9.17, 15) is 19.7 Å². The highest BCUT2D eigenvalue weighted by Gasteiger charge is 2.33. The van der Waals surface area contributed by atoms with Crippen LogP contribution in [0.1, 0.15) is 10.4 Å². The molecule has 1 aliphatic rings. The molecule has 0 aliphatic carbocycles. The second kappa shape index (κ2) is 6.06. The number of nitro benzene ring substituents is 1. The molecule has 0 aromatic heterocycles. The van der Waals surface area contributed by atoms with Gasteiger partial charge in [0.25, 0.3) is 11.6 Å². The van der Waals surface area contributed by atoms with Crippen molar-refractivity contribution in [2.45, 2.75) is 6.04 Å². The molecule has 8 nitrogen and oxygen atoms in total. The number of amides is 1. The molecule has 21 heavy (non-hydrogen) atoms. The number of hydrogen-bond donors (Lipinski definition) is 2. The standard InChI is InChI=1S/C12H12ClN3O5/c13-9-2-1-7(16(20)21)5-8(9)11(17)15-4-3-14-6-10(15)12(18)19/h1-2,5,10,14H,3-4,6H2,(H,18,19). The maximum absolute atomic E-state index is 12.4. The molecule has 9 heteroatoms. The molecule has 1 aliphatic heterocycles. The van der Waals surface area contributed by atoms with Crippen LogP contribution in [0.25, 0.3) is 0 Å². The van der Waals surface area contributed by atoms with E-state index in [1.165, 1.54) is 12.1 Å². The number of carboxylic acids is 1. The quantitative estimate of drug-likeness (QED) is 0.629. The number of rotatable bonds is 3. The zero-order valence-corrected chi connectivity index (χ0v) is 11.5. The molecule has 112 valence electrons. The van der Waals surface area contributed by atoms with Crippen molar-refractivity contribution in [1.29, 1.82) is 0 Å². The van der Waals surface area contributed by atoms with Crippen molar-refractivity contribution in [3.05, 3.63) is 38.9 Å². The summed E-state index contributed by atoms with van der Waals surface area (Å²) in [5.41, 5.74) is -0.344. The largest absolute Gasteiger partial charge is 0.480 e. The van der Waals surface area contributed by atoms with Crippen molar-refractivity contribution in [3.8, 4) is 0 Å². The fraction of sp³-hybridized carbons (Fsp3) is 0.333. The normalized spacial score (nSPS) is 18.3. The van der Waals surface area contributed by atoms with Crippen LogP contribution in [0.2, 0.25) is 5.02 Å². The fourth-order valence-electron chi connectivity index (χ4n) is 2.11. The Hall–Kier alpha value is -2.19. The average Bonchev–Trinajstić information content (AvgIpc) is 2.46. The Balaban J connectivity index is 2.36. The maximum atomic E-state index is 12.4. The third-order valence-corrected chi connectivity index (χ3v) is 3.51. The molecule has 2 N–H and O–H groups in total. The predicted molar refractivity (Wildman–Crippen MR) is 73.4 cm³/mol. The van der Waals surface area contributed by atoms with Gasteiger partial charge in [-0.1, -0.05) is 11.6 Å². The van der Waals surface area contributed by atoms with E-state index in [4.69, 9.17) is 16.7 Å². The topological polar surface area (TPSA) is 113 Å². The van der Waals surface area contributed by atoms with E-state index in [-0.39, 0.29) is 29.4 Å². The van der Waals surface area contributed by atoms with Crippen LogP contribution in [0.15, 0.2) is 18.2 Å². The van der Waals surface area contributed by atoms with Gasteiger partial charge in [0.1, 0.15) is 6.04 Å². The average molecular weight is 314 g/mol. The maximum Gasteiger partial charge on any atom is 0.327 e. The minimum atomic E-state index is -1.14. The zero-order chi connectivity index (χ0) is 15.6. The van der Waals surface area contributed by atoms with Crippen molar-refractivity contribution in [2.24, 2.45) is 0 Å². The predicted octanol–water partition coefficient (Wildman–Crippen LogP) is 0.747. The fourth-order valence-corrected chi connectivity index (χ4v) is 2.31. The van der Waals surface area contributed by atoms with Gasteiger partial charge in [0.05, 0.1) is 15.5 Å². The van der Waals surface area contributed by atoms with Crippen LogP contribution < -0.4 is 5.32 Å². The van der Waals surface area contributed by atoms with Crippen LogP contribution in [0, 0.1) is 10.1 Å². The minimum Gasteiger partial charge on any atom is -0.480 e. The number of aliphatic carboxylic acids is 1. The summed E-state index contributed by atoms with van der Waals surface area (Å²) in [6.45, 7) is 0.754. The lowest BCUT2D eigenvalue weighted by molar-refractivity contribution is -0.384. The Labute approximate surface area is 124 Å². The van der Waals surface area contributed by atoms with Gasteiger partial charge in [-0.15, -0.1) is 0 Å². The number of hydrogen-bond acceptors (Lipinski definition) is 5. The molecule has 1 unspecified atom stereocenters. The van der Waals surface area contributed by atoms with Crippen LogP contribution in [0.4, 0.5) is 5.69 Å². The molecule has 2 rings (SSSR count). The summed E-state index contributed by atoms with van der Waals surface area (Å²) in [5, 5.41) is 22.8. The molecule has 0 saturated carbocycles. The van der Waals surface area contributed by atoms with E-state index >= 15 is 0 Å². The summed E-state index contributed by atoms with van der Waals surface area (Å²) >= 11 is 5.91. The molecule has 1 aromatic carbocycles. The van der Waals surface area contributed by atoms with Crippen LogP contribution >= 0.6 is 11.6 Å². The van der Waals surface area contributed by atoms with Gasteiger partial charge in [-0.25, -0.2) is 4.79 Å². The van der Waals surface area contributed by atoms with Gasteiger partial charge >= 0.3 is 5.97 Å². The molecule has 1 saturated heterocycles. The van der Waals surface area contributed by atoms with E-state index < -0.39 is 22.8 Å². The Morgan fingerprint density at radius 1 is 1.48 bits per heavy atom. The third kappa shape index (κ3) is 3.11. The lowest BCUT2D eigenvalue weighted by Gasteiger charge is -2.33. The number of nitrogens with zero attached hydrogens (tertiary/aromatic N) is 2. The van der Waals surface area contributed by atoms with E-state index in [1.54, 1.807) is 0 Å². The first-order valence-corrected chi connectivity index (χ1v) is 6.48. The number of non-ortho nitro benzene ring substituents is 1. The van der Waals surface area contributed by atoms with Gasteiger partial charge < -0.3 is 15.3 Å². The van der Waals surface area contributed by atoms with E-state index in [1.807, 2.05) is 0 Å². The third-order valence-electron chi connectivity index (χ3n) is 3.18. The smallest absolute Gasteiger partial charge is 0.327 e. The molecule has 0 bridgehead atoms. The van der Waals surface area contributed by atoms with Gasteiger partial charge in [0.15, 0.2) is 0 Å². The van der Waals surface area contributed by atoms with Gasteiger partial charge in [-0.3, -0.25) is 14.9 Å². The summed E-state index contributed by atoms with van der Waals surface area (Å²) in [6, 6.07) is 2.48. The van der Waals surface area contributed by atoms with Crippen molar-refractivity contribution in [1.82, 2.24) is 10.2 Å². The molecule has 0 radical (unpaired) electrons. The molecule has 1 amide bonds. The highest BCUT2D eigenvalue weighted by Crippen LogP contribution is 2.24. The zero-order valence-electron chi connectivity index (χ0n) is 10.8. The number of benzene rings is 1. The van der Waals surface area contributed by atoms with Gasteiger partial charge in [-0.05, 0) is 6.07 Å². The highest BCUT2D eigenvalue weighted by atomic mass is 35.5. The summed E-state index contributed by atoms with van der Waals surface area (Å²) in [7, 11) is 0. The van der Waals surface area contributed by atoms with Gasteiger partial charge in [-0.2, -0.15) is 0 Å². The molecule has 1 atom stereocenters. The van der Waals surface area contributed by atoms with Crippen molar-refractivity contribution in [3.63, 3.8) is 0 Å². The summed E-state index contributed by atoms with van der Waals surface area (Å²) in [4.78, 5) is 34.9. The Kier molecular flexibility index (Phi) is 4.39. The van der Waals surface area contributed by atoms with Crippen LogP contribution in [0.3, 0.4) is 0 Å². The molecule has 0 spiro atoms. The van der Waals surface area contributed by atoms with Crippen LogP contribution in [-0.4, -0.2) is 52.5 Å². The SMILES string of the molecule is O=C(O)C1CNCCN1C(=O)c1cc([N+](=O)[O-])ccc1Cl. The number of piperazine rings is 1. The number of halogens is 1. The van der Waals surface area contributed by atoms with Crippen LogP contribution in [-0.2, 0) is 4.79 Å². The van der Waals surface area contributed by atoms with Crippen molar-refractivity contribution in [2.75, 3.05) is 19.6 Å². The highest BCUT2D eigenvalue weighted by molar-refractivity contribution is 6.34. The lowest BCUT2D eigenvalue weighted by Crippen LogP contribution is -2.57. The van der Waals surface area contributed by atoms with Crippen LogP contribution in [0.5, 0.6) is 0 Å². The second-order valence-electron chi connectivity index (χ2n) is 4.48. The monoisotopic (exact) mass is 313 g/mol. The second-order valence-corrected chi connectivity index (χ2v) is 4.89. The van der Waals surface area contributed by atoms with E-state index in [0.29, 0.717) is 6.54 Å². The number of carbonyl (C=O) groups is 2. The number of nitro groups is 1. The van der Waals surface area contributed by atoms with E-state index in [2.05, 4.69) is 5.32 Å².